The summed E-state index contributed by atoms with van der Waals surface area (Å²) in [5.74, 6) is 1.46. The molecule has 1 amide bonds. The summed E-state index contributed by atoms with van der Waals surface area (Å²) < 4.78 is 5.97. The van der Waals surface area contributed by atoms with Crippen LogP contribution in [0.3, 0.4) is 0 Å². The Morgan fingerprint density at radius 2 is 2.04 bits per heavy atom. The van der Waals surface area contributed by atoms with E-state index in [1.807, 2.05) is 23.1 Å². The number of amides is 1. The minimum atomic E-state index is 0.0861. The molecule has 1 saturated heterocycles. The summed E-state index contributed by atoms with van der Waals surface area (Å²) in [5.41, 5.74) is 2.46. The van der Waals surface area contributed by atoms with E-state index in [1.165, 1.54) is 19.3 Å². The van der Waals surface area contributed by atoms with Gasteiger partial charge in [0, 0.05) is 29.8 Å². The molecule has 2 heterocycles. The molecule has 4 heteroatoms. The topological polar surface area (TPSA) is 33.5 Å². The average molecular weight is 329 g/mol. The van der Waals surface area contributed by atoms with Gasteiger partial charge in [-0.25, -0.2) is 0 Å². The lowest BCUT2D eigenvalue weighted by Crippen LogP contribution is -2.32. The third kappa shape index (κ3) is 2.78. The molecule has 1 aliphatic carbocycles. The van der Waals surface area contributed by atoms with E-state index in [4.69, 9.17) is 4.42 Å². The molecule has 1 aromatic heterocycles. The van der Waals surface area contributed by atoms with Crippen molar-refractivity contribution < 1.29 is 9.21 Å². The molecule has 3 nitrogen and oxygen atoms in total. The van der Waals surface area contributed by atoms with Crippen LogP contribution in [0.2, 0.25) is 0 Å². The Kier molecular flexibility index (Phi) is 3.88. The van der Waals surface area contributed by atoms with Gasteiger partial charge in [0.05, 0.1) is 0 Å². The summed E-state index contributed by atoms with van der Waals surface area (Å²) in [6.45, 7) is 1.75. The van der Waals surface area contributed by atoms with Crippen molar-refractivity contribution in [1.82, 2.24) is 4.90 Å². The van der Waals surface area contributed by atoms with Crippen LogP contribution >= 0.6 is 11.8 Å². The zero-order valence-electron chi connectivity index (χ0n) is 13.6. The van der Waals surface area contributed by atoms with E-state index in [0.29, 0.717) is 11.2 Å². The average Bonchev–Trinajstić information content (AvgIpc) is 3.30. The second-order valence-corrected chi connectivity index (χ2v) is 7.85. The SMILES string of the molecule is CSCc1c(C(=O)N2CCCC3(CC2)CC3)oc2ccccc12. The van der Waals surface area contributed by atoms with Gasteiger partial charge in [-0.2, -0.15) is 11.8 Å². The third-order valence-electron chi connectivity index (χ3n) is 5.47. The van der Waals surface area contributed by atoms with Crippen LogP contribution in [0.15, 0.2) is 28.7 Å². The summed E-state index contributed by atoms with van der Waals surface area (Å²) in [5, 5.41) is 1.08. The highest BCUT2D eigenvalue weighted by atomic mass is 32.2. The van der Waals surface area contributed by atoms with Crippen LogP contribution < -0.4 is 0 Å². The third-order valence-corrected chi connectivity index (χ3v) is 6.05. The first-order valence-corrected chi connectivity index (χ1v) is 9.90. The van der Waals surface area contributed by atoms with Gasteiger partial charge in [-0.15, -0.1) is 0 Å². The fourth-order valence-electron chi connectivity index (χ4n) is 3.84. The standard InChI is InChI=1S/C19H23NO2S/c1-23-13-15-14-5-2-3-6-16(14)22-17(15)18(21)20-11-4-7-19(8-9-19)10-12-20/h2-3,5-6H,4,7-13H2,1H3. The maximum atomic E-state index is 13.1. The maximum absolute atomic E-state index is 13.1. The monoisotopic (exact) mass is 329 g/mol. The van der Waals surface area contributed by atoms with Crippen LogP contribution in [0, 0.1) is 5.41 Å². The van der Waals surface area contributed by atoms with Gasteiger partial charge in [0.15, 0.2) is 5.76 Å². The summed E-state index contributed by atoms with van der Waals surface area (Å²) in [7, 11) is 0. The van der Waals surface area contributed by atoms with E-state index < -0.39 is 0 Å². The summed E-state index contributed by atoms with van der Waals surface area (Å²) in [4.78, 5) is 15.1. The molecule has 2 aliphatic rings. The van der Waals surface area contributed by atoms with Gasteiger partial charge in [0.2, 0.25) is 0 Å². The minimum Gasteiger partial charge on any atom is -0.451 e. The van der Waals surface area contributed by atoms with Crippen LogP contribution in [-0.4, -0.2) is 30.2 Å². The van der Waals surface area contributed by atoms with E-state index in [-0.39, 0.29) is 5.91 Å². The maximum Gasteiger partial charge on any atom is 0.289 e. The molecule has 0 radical (unpaired) electrons. The van der Waals surface area contributed by atoms with Crippen molar-refractivity contribution in [3.63, 3.8) is 0 Å². The number of carbonyl (C=O) groups is 1. The number of thioether (sulfide) groups is 1. The Labute approximate surface area is 141 Å². The molecule has 2 aromatic rings. The molecule has 0 unspecified atom stereocenters. The number of rotatable bonds is 3. The van der Waals surface area contributed by atoms with Crippen molar-refractivity contribution in [2.75, 3.05) is 19.3 Å². The van der Waals surface area contributed by atoms with Gasteiger partial charge in [-0.05, 0) is 49.8 Å². The highest BCUT2D eigenvalue weighted by Crippen LogP contribution is 2.53. The van der Waals surface area contributed by atoms with Gasteiger partial charge in [-0.1, -0.05) is 18.2 Å². The van der Waals surface area contributed by atoms with Crippen LogP contribution in [0.25, 0.3) is 11.0 Å². The van der Waals surface area contributed by atoms with E-state index in [2.05, 4.69) is 12.3 Å². The number of hydrogen-bond donors (Lipinski definition) is 0. The second kappa shape index (κ2) is 5.90. The number of para-hydroxylation sites is 1. The number of fused-ring (bicyclic) bond motifs is 1. The number of furan rings is 1. The van der Waals surface area contributed by atoms with E-state index in [1.54, 1.807) is 11.8 Å². The minimum absolute atomic E-state index is 0.0861. The Balaban J connectivity index is 1.64. The number of hydrogen-bond acceptors (Lipinski definition) is 3. The van der Waals surface area contributed by atoms with Gasteiger partial charge < -0.3 is 9.32 Å². The quantitative estimate of drug-likeness (QED) is 0.818. The predicted octanol–water partition coefficient (Wildman–Crippen LogP) is 4.70. The first-order chi connectivity index (χ1) is 11.2. The normalized spacial score (nSPS) is 20.0. The van der Waals surface area contributed by atoms with Crippen molar-refractivity contribution in [3.8, 4) is 0 Å². The first-order valence-electron chi connectivity index (χ1n) is 8.51. The lowest BCUT2D eigenvalue weighted by atomic mass is 9.98. The summed E-state index contributed by atoms with van der Waals surface area (Å²) in [6.07, 6.45) is 8.36. The lowest BCUT2D eigenvalue weighted by Gasteiger charge is -2.20. The molecule has 4 rings (SSSR count). The molecular formula is C19H23NO2S. The largest absolute Gasteiger partial charge is 0.451 e. The van der Waals surface area contributed by atoms with Gasteiger partial charge in [0.1, 0.15) is 5.58 Å². The van der Waals surface area contributed by atoms with Crippen LogP contribution in [0.1, 0.15) is 48.2 Å². The molecule has 2 fully saturated rings. The number of benzene rings is 1. The first kappa shape index (κ1) is 15.1. The highest BCUT2D eigenvalue weighted by molar-refractivity contribution is 7.97. The van der Waals surface area contributed by atoms with E-state index in [0.717, 1.165) is 48.2 Å². The van der Waals surface area contributed by atoms with Crippen molar-refractivity contribution in [3.05, 3.63) is 35.6 Å². The van der Waals surface area contributed by atoms with Crippen molar-refractivity contribution in [2.45, 2.75) is 37.9 Å². The molecular weight excluding hydrogens is 306 g/mol. The fraction of sp³-hybridized carbons (Fsp3) is 0.526. The molecule has 1 aromatic carbocycles. The number of carbonyl (C=O) groups excluding carboxylic acids is 1. The van der Waals surface area contributed by atoms with Gasteiger partial charge in [0.25, 0.3) is 5.91 Å². The van der Waals surface area contributed by atoms with Crippen LogP contribution in [0.4, 0.5) is 0 Å². The summed E-state index contributed by atoms with van der Waals surface area (Å²) >= 11 is 1.74. The van der Waals surface area contributed by atoms with Crippen molar-refractivity contribution >= 4 is 28.6 Å². The molecule has 0 atom stereocenters. The van der Waals surface area contributed by atoms with E-state index >= 15 is 0 Å². The molecule has 122 valence electrons. The Hall–Kier alpha value is -1.42. The van der Waals surface area contributed by atoms with Gasteiger partial charge >= 0.3 is 0 Å². The fourth-order valence-corrected chi connectivity index (χ4v) is 4.41. The van der Waals surface area contributed by atoms with Crippen LogP contribution in [0.5, 0.6) is 0 Å². The highest BCUT2D eigenvalue weighted by Gasteiger charge is 2.43. The molecule has 23 heavy (non-hydrogen) atoms. The Bertz CT molecular complexity index is 732. The molecule has 1 spiro atoms. The molecule has 1 saturated carbocycles. The van der Waals surface area contributed by atoms with Crippen molar-refractivity contribution in [1.29, 1.82) is 0 Å². The Morgan fingerprint density at radius 3 is 2.83 bits per heavy atom. The molecule has 0 N–H and O–H groups in total. The van der Waals surface area contributed by atoms with Gasteiger partial charge in [-0.3, -0.25) is 4.79 Å². The second-order valence-electron chi connectivity index (χ2n) is 6.98. The zero-order chi connectivity index (χ0) is 15.9. The van der Waals surface area contributed by atoms with E-state index in [9.17, 15) is 4.79 Å². The lowest BCUT2D eigenvalue weighted by molar-refractivity contribution is 0.0729. The van der Waals surface area contributed by atoms with Crippen LogP contribution in [-0.2, 0) is 5.75 Å². The zero-order valence-corrected chi connectivity index (χ0v) is 14.5. The molecule has 1 aliphatic heterocycles. The Morgan fingerprint density at radius 1 is 1.22 bits per heavy atom. The molecule has 0 bridgehead atoms. The number of likely N-dealkylation sites (tertiary alicyclic amines) is 1. The van der Waals surface area contributed by atoms with Crippen molar-refractivity contribution in [2.24, 2.45) is 5.41 Å². The summed E-state index contributed by atoms with van der Waals surface area (Å²) in [6, 6.07) is 7.99. The smallest absolute Gasteiger partial charge is 0.289 e. The predicted molar refractivity (Wildman–Crippen MR) is 94.9 cm³/mol. The number of nitrogens with zero attached hydrogens (tertiary/aromatic N) is 1.